The Bertz CT molecular complexity index is 75.5. The van der Waals surface area contributed by atoms with Crippen LogP contribution in [0.25, 0.3) is 0 Å². The maximum absolute atomic E-state index is 10.00. The molecule has 0 radical (unpaired) electrons. The summed E-state index contributed by atoms with van der Waals surface area (Å²) in [5, 5.41) is 11.2. The van der Waals surface area contributed by atoms with E-state index >= 15 is 0 Å². The molecule has 1 atom stereocenters. The van der Waals surface area contributed by atoms with Crippen LogP contribution < -0.4 is 5.32 Å². The van der Waals surface area contributed by atoms with Crippen molar-refractivity contribution in [3.05, 3.63) is 0 Å². The lowest BCUT2D eigenvalue weighted by molar-refractivity contribution is -0.110. The van der Waals surface area contributed by atoms with E-state index < -0.39 is 0 Å². The Morgan fingerprint density at radius 3 is 2.89 bits per heavy atom. The van der Waals surface area contributed by atoms with Crippen molar-refractivity contribution in [3.63, 3.8) is 0 Å². The van der Waals surface area contributed by atoms with Gasteiger partial charge in [-0.15, -0.1) is 0 Å². The molecule has 0 aromatic carbocycles. The molecule has 0 saturated heterocycles. The Kier molecular flexibility index (Phi) is 5.46. The Morgan fingerprint density at radius 2 is 2.44 bits per heavy atom. The van der Waals surface area contributed by atoms with Gasteiger partial charge in [-0.25, -0.2) is 0 Å². The summed E-state index contributed by atoms with van der Waals surface area (Å²) in [6, 6.07) is 0. The van der Waals surface area contributed by atoms with Gasteiger partial charge in [0, 0.05) is 19.0 Å². The second kappa shape index (κ2) is 5.72. The van der Waals surface area contributed by atoms with E-state index in [1.54, 1.807) is 0 Å². The first-order chi connectivity index (χ1) is 4.31. The summed E-state index contributed by atoms with van der Waals surface area (Å²) >= 11 is 0. The predicted molar refractivity (Wildman–Crippen MR) is 35.2 cm³/mol. The van der Waals surface area contributed by atoms with Crippen LogP contribution in [0.5, 0.6) is 0 Å². The van der Waals surface area contributed by atoms with Gasteiger partial charge in [-0.2, -0.15) is 0 Å². The van der Waals surface area contributed by atoms with Crippen LogP contribution in [-0.2, 0) is 4.79 Å². The first-order valence-corrected chi connectivity index (χ1v) is 3.08. The maximum atomic E-state index is 10.00. The molecule has 1 unspecified atom stereocenters. The van der Waals surface area contributed by atoms with Gasteiger partial charge < -0.3 is 15.2 Å². The van der Waals surface area contributed by atoms with Crippen molar-refractivity contribution in [3.8, 4) is 0 Å². The number of nitrogens with one attached hydrogen (secondary N) is 1. The molecule has 3 nitrogen and oxygen atoms in total. The molecule has 0 aromatic rings. The number of hydrogen-bond donors (Lipinski definition) is 2. The highest BCUT2D eigenvalue weighted by molar-refractivity contribution is 5.52. The molecule has 0 aromatic heterocycles. The van der Waals surface area contributed by atoms with Crippen LogP contribution in [0.15, 0.2) is 0 Å². The Morgan fingerprint density at radius 1 is 1.78 bits per heavy atom. The fourth-order valence-corrected chi connectivity index (χ4v) is 0.457. The Labute approximate surface area is 55.1 Å². The molecule has 3 heteroatoms. The van der Waals surface area contributed by atoms with Crippen molar-refractivity contribution in [2.45, 2.75) is 6.92 Å². The molecular formula is C6H13NO2. The third kappa shape index (κ3) is 5.46. The zero-order valence-corrected chi connectivity index (χ0v) is 5.63. The van der Waals surface area contributed by atoms with Crippen LogP contribution >= 0.6 is 0 Å². The number of aliphatic hydroxyl groups excluding tert-OH is 1. The van der Waals surface area contributed by atoms with Gasteiger partial charge in [0.05, 0.1) is 6.61 Å². The van der Waals surface area contributed by atoms with E-state index in [1.165, 1.54) is 0 Å². The lowest BCUT2D eigenvalue weighted by Crippen LogP contribution is -2.24. The van der Waals surface area contributed by atoms with Gasteiger partial charge in [-0.05, 0) is 0 Å². The van der Waals surface area contributed by atoms with E-state index in [4.69, 9.17) is 5.11 Å². The first-order valence-electron chi connectivity index (χ1n) is 3.08. The number of rotatable bonds is 5. The normalized spacial score (nSPS) is 13.1. The standard InChI is InChI=1S/C6H13NO2/c1-6(5-9)4-7-2-3-8/h5-8H,2-4H2,1H3. The third-order valence-electron chi connectivity index (χ3n) is 0.987. The van der Waals surface area contributed by atoms with Crippen molar-refractivity contribution < 1.29 is 9.90 Å². The topological polar surface area (TPSA) is 49.3 Å². The zero-order valence-electron chi connectivity index (χ0n) is 5.63. The van der Waals surface area contributed by atoms with E-state index in [-0.39, 0.29) is 12.5 Å². The molecule has 0 heterocycles. The molecule has 0 fully saturated rings. The largest absolute Gasteiger partial charge is 0.395 e. The number of carbonyl (C=O) groups excluding carboxylic acids is 1. The molecule has 0 bridgehead atoms. The lowest BCUT2D eigenvalue weighted by Gasteiger charge is -2.02. The number of aliphatic hydroxyl groups is 1. The molecule has 0 aliphatic heterocycles. The summed E-state index contributed by atoms with van der Waals surface area (Å²) in [4.78, 5) is 10.00. The third-order valence-corrected chi connectivity index (χ3v) is 0.987. The number of aldehydes is 1. The van der Waals surface area contributed by atoms with Crippen molar-refractivity contribution in [2.75, 3.05) is 19.7 Å². The van der Waals surface area contributed by atoms with Crippen LogP contribution in [0.2, 0.25) is 0 Å². The first kappa shape index (κ1) is 8.59. The summed E-state index contributed by atoms with van der Waals surface area (Å²) in [5.74, 6) is 0.0524. The van der Waals surface area contributed by atoms with Gasteiger partial charge in [0.1, 0.15) is 6.29 Å². The summed E-state index contributed by atoms with van der Waals surface area (Å²) in [7, 11) is 0. The molecular weight excluding hydrogens is 118 g/mol. The monoisotopic (exact) mass is 131 g/mol. The maximum Gasteiger partial charge on any atom is 0.124 e. The SMILES string of the molecule is CC(C=O)CNCCO. The molecule has 0 aliphatic rings. The smallest absolute Gasteiger partial charge is 0.124 e. The summed E-state index contributed by atoms with van der Waals surface area (Å²) in [6.07, 6.45) is 0.893. The molecule has 2 N–H and O–H groups in total. The Balaban J connectivity index is 2.96. The highest BCUT2D eigenvalue weighted by atomic mass is 16.3. The van der Waals surface area contributed by atoms with Gasteiger partial charge >= 0.3 is 0 Å². The molecule has 0 rings (SSSR count). The summed E-state index contributed by atoms with van der Waals surface area (Å²) in [5.41, 5.74) is 0. The van der Waals surface area contributed by atoms with Gasteiger partial charge in [0.2, 0.25) is 0 Å². The second-order valence-electron chi connectivity index (χ2n) is 2.04. The van der Waals surface area contributed by atoms with Crippen molar-refractivity contribution in [1.29, 1.82) is 0 Å². The molecule has 0 amide bonds. The molecule has 0 aliphatic carbocycles. The van der Waals surface area contributed by atoms with E-state index in [0.29, 0.717) is 13.1 Å². The van der Waals surface area contributed by atoms with Crippen molar-refractivity contribution in [1.82, 2.24) is 5.32 Å². The van der Waals surface area contributed by atoms with E-state index in [1.807, 2.05) is 6.92 Å². The fourth-order valence-electron chi connectivity index (χ4n) is 0.457. The minimum atomic E-state index is 0.0524. The minimum absolute atomic E-state index is 0.0524. The van der Waals surface area contributed by atoms with Crippen LogP contribution in [0.3, 0.4) is 0 Å². The fraction of sp³-hybridized carbons (Fsp3) is 0.833. The minimum Gasteiger partial charge on any atom is -0.395 e. The van der Waals surface area contributed by atoms with E-state index in [0.717, 1.165) is 6.29 Å². The van der Waals surface area contributed by atoms with Gasteiger partial charge in [0.25, 0.3) is 0 Å². The second-order valence-corrected chi connectivity index (χ2v) is 2.04. The lowest BCUT2D eigenvalue weighted by atomic mass is 10.2. The Hall–Kier alpha value is -0.410. The molecule has 54 valence electrons. The van der Waals surface area contributed by atoms with E-state index in [2.05, 4.69) is 5.32 Å². The predicted octanol–water partition coefficient (Wildman–Crippen LogP) is -0.597. The average Bonchev–Trinajstić information content (AvgIpc) is 1.89. The molecule has 0 saturated carbocycles. The average molecular weight is 131 g/mol. The van der Waals surface area contributed by atoms with Crippen LogP contribution in [-0.4, -0.2) is 31.1 Å². The highest BCUT2D eigenvalue weighted by Gasteiger charge is 1.95. The van der Waals surface area contributed by atoms with Gasteiger partial charge in [-0.3, -0.25) is 0 Å². The molecule has 0 spiro atoms. The quantitative estimate of drug-likeness (QED) is 0.387. The summed E-state index contributed by atoms with van der Waals surface area (Å²) in [6.45, 7) is 3.19. The summed E-state index contributed by atoms with van der Waals surface area (Å²) < 4.78 is 0. The van der Waals surface area contributed by atoms with Crippen molar-refractivity contribution >= 4 is 6.29 Å². The highest BCUT2D eigenvalue weighted by Crippen LogP contribution is 1.82. The van der Waals surface area contributed by atoms with Gasteiger partial charge in [0.15, 0.2) is 0 Å². The number of hydrogen-bond acceptors (Lipinski definition) is 3. The van der Waals surface area contributed by atoms with Crippen LogP contribution in [0.1, 0.15) is 6.92 Å². The van der Waals surface area contributed by atoms with Crippen LogP contribution in [0.4, 0.5) is 0 Å². The zero-order chi connectivity index (χ0) is 7.11. The van der Waals surface area contributed by atoms with E-state index in [9.17, 15) is 4.79 Å². The van der Waals surface area contributed by atoms with Gasteiger partial charge in [-0.1, -0.05) is 6.92 Å². The molecule has 9 heavy (non-hydrogen) atoms. The van der Waals surface area contributed by atoms with Crippen molar-refractivity contribution in [2.24, 2.45) is 5.92 Å². The van der Waals surface area contributed by atoms with Crippen LogP contribution in [0, 0.1) is 5.92 Å². The number of carbonyl (C=O) groups is 1.